The van der Waals surface area contributed by atoms with Crippen LogP contribution >= 0.6 is 0 Å². The van der Waals surface area contributed by atoms with Gasteiger partial charge in [0, 0.05) is 11.8 Å². The van der Waals surface area contributed by atoms with Gasteiger partial charge in [0.2, 0.25) is 15.9 Å². The molecule has 9 heteroatoms. The Labute approximate surface area is 171 Å². The number of rotatable bonds is 9. The first kappa shape index (κ1) is 22.4. The third kappa shape index (κ3) is 5.54. The van der Waals surface area contributed by atoms with E-state index in [1.54, 1.807) is 36.4 Å². The standard InChI is InChI=1S/C20H26N2O6S/c1-6-28-17-10-7-15(8-11-17)21-20(23)14(2)22(29(5,24)25)16-9-12-18(26-3)19(13-16)27-4/h7-14H,6H2,1-5H3,(H,21,23)/t14-/m0/s1. The SMILES string of the molecule is CCOc1ccc(NC(=O)[C@H](C)N(c2ccc(OC)c(OC)c2)S(C)(=O)=O)cc1. The number of carbonyl (C=O) groups excluding carboxylic acids is 1. The second kappa shape index (κ2) is 9.51. The highest BCUT2D eigenvalue weighted by Crippen LogP contribution is 2.33. The number of ether oxygens (including phenoxy) is 3. The van der Waals surface area contributed by atoms with Crippen LogP contribution in [0.1, 0.15) is 13.8 Å². The van der Waals surface area contributed by atoms with Crippen molar-refractivity contribution in [3.05, 3.63) is 42.5 Å². The van der Waals surface area contributed by atoms with Crippen LogP contribution in [-0.2, 0) is 14.8 Å². The number of methoxy groups -OCH3 is 2. The van der Waals surface area contributed by atoms with Gasteiger partial charge in [-0.1, -0.05) is 0 Å². The van der Waals surface area contributed by atoms with Crippen molar-refractivity contribution in [1.29, 1.82) is 0 Å². The van der Waals surface area contributed by atoms with Crippen LogP contribution in [0.5, 0.6) is 17.2 Å². The number of anilines is 2. The molecular formula is C20H26N2O6S. The fourth-order valence-corrected chi connectivity index (χ4v) is 3.99. The van der Waals surface area contributed by atoms with E-state index >= 15 is 0 Å². The molecule has 0 spiro atoms. The highest BCUT2D eigenvalue weighted by Gasteiger charge is 2.30. The molecule has 1 atom stereocenters. The molecule has 0 aliphatic carbocycles. The van der Waals surface area contributed by atoms with Crippen LogP contribution in [0.2, 0.25) is 0 Å². The first-order valence-corrected chi connectivity index (χ1v) is 10.8. The average Bonchev–Trinajstić information content (AvgIpc) is 2.68. The lowest BCUT2D eigenvalue weighted by Crippen LogP contribution is -2.45. The molecule has 1 N–H and O–H groups in total. The van der Waals surface area contributed by atoms with Crippen molar-refractivity contribution >= 4 is 27.3 Å². The van der Waals surface area contributed by atoms with E-state index in [1.165, 1.54) is 27.2 Å². The molecule has 0 aliphatic rings. The molecule has 0 saturated carbocycles. The lowest BCUT2D eigenvalue weighted by Gasteiger charge is -2.28. The van der Waals surface area contributed by atoms with Crippen molar-refractivity contribution in [3.8, 4) is 17.2 Å². The Morgan fingerprint density at radius 1 is 1.07 bits per heavy atom. The molecule has 2 rings (SSSR count). The molecule has 0 saturated heterocycles. The van der Waals surface area contributed by atoms with E-state index in [9.17, 15) is 13.2 Å². The van der Waals surface area contributed by atoms with Gasteiger partial charge in [0.15, 0.2) is 11.5 Å². The molecule has 29 heavy (non-hydrogen) atoms. The van der Waals surface area contributed by atoms with Crippen LogP contribution in [0, 0.1) is 0 Å². The van der Waals surface area contributed by atoms with Gasteiger partial charge in [0.25, 0.3) is 0 Å². The molecule has 0 bridgehead atoms. The molecule has 0 heterocycles. The molecule has 1 amide bonds. The Balaban J connectivity index is 2.29. The minimum Gasteiger partial charge on any atom is -0.494 e. The van der Waals surface area contributed by atoms with Gasteiger partial charge < -0.3 is 19.5 Å². The normalized spacial score (nSPS) is 12.0. The van der Waals surface area contributed by atoms with Crippen molar-refractivity contribution < 1.29 is 27.4 Å². The van der Waals surface area contributed by atoms with Crippen molar-refractivity contribution in [2.24, 2.45) is 0 Å². The summed E-state index contributed by atoms with van der Waals surface area (Å²) in [6.45, 7) is 3.93. The van der Waals surface area contributed by atoms with Gasteiger partial charge in [0.1, 0.15) is 11.8 Å². The van der Waals surface area contributed by atoms with Gasteiger partial charge in [0.05, 0.1) is 32.8 Å². The number of hydrogen-bond acceptors (Lipinski definition) is 6. The summed E-state index contributed by atoms with van der Waals surface area (Å²) in [7, 11) is -0.819. The van der Waals surface area contributed by atoms with E-state index in [-0.39, 0.29) is 0 Å². The number of benzene rings is 2. The minimum absolute atomic E-state index is 0.291. The number of sulfonamides is 1. The summed E-state index contributed by atoms with van der Waals surface area (Å²) in [6, 6.07) is 10.5. The lowest BCUT2D eigenvalue weighted by atomic mass is 10.2. The summed E-state index contributed by atoms with van der Waals surface area (Å²) in [5.41, 5.74) is 0.825. The Morgan fingerprint density at radius 3 is 2.21 bits per heavy atom. The summed E-state index contributed by atoms with van der Waals surface area (Å²) < 4.78 is 41.8. The highest BCUT2D eigenvalue weighted by atomic mass is 32.2. The fourth-order valence-electron chi connectivity index (χ4n) is 2.82. The van der Waals surface area contributed by atoms with Gasteiger partial charge in [-0.3, -0.25) is 9.10 Å². The average molecular weight is 423 g/mol. The summed E-state index contributed by atoms with van der Waals surface area (Å²) in [5, 5.41) is 2.73. The number of nitrogens with zero attached hydrogens (tertiary/aromatic N) is 1. The van der Waals surface area contributed by atoms with Crippen LogP contribution in [0.3, 0.4) is 0 Å². The van der Waals surface area contributed by atoms with Gasteiger partial charge >= 0.3 is 0 Å². The fraction of sp³-hybridized carbons (Fsp3) is 0.350. The molecule has 0 radical (unpaired) electrons. The molecule has 0 unspecified atom stereocenters. The Kier molecular flexibility index (Phi) is 7.33. The Hall–Kier alpha value is -2.94. The zero-order chi connectivity index (χ0) is 21.6. The first-order valence-electron chi connectivity index (χ1n) is 8.96. The van der Waals surface area contributed by atoms with Gasteiger partial charge in [-0.05, 0) is 50.2 Å². The second-order valence-corrected chi connectivity index (χ2v) is 8.08. The maximum atomic E-state index is 12.8. The van der Waals surface area contributed by atoms with E-state index < -0.39 is 22.0 Å². The minimum atomic E-state index is -3.76. The molecule has 158 valence electrons. The number of carbonyl (C=O) groups is 1. The zero-order valence-electron chi connectivity index (χ0n) is 17.1. The third-order valence-electron chi connectivity index (χ3n) is 4.14. The van der Waals surface area contributed by atoms with E-state index in [1.807, 2.05) is 6.92 Å². The number of nitrogens with one attached hydrogen (secondary N) is 1. The molecule has 0 fully saturated rings. The van der Waals surface area contributed by atoms with Gasteiger partial charge in [-0.25, -0.2) is 8.42 Å². The van der Waals surface area contributed by atoms with E-state index in [0.717, 1.165) is 10.6 Å². The van der Waals surface area contributed by atoms with Crippen molar-refractivity contribution in [1.82, 2.24) is 0 Å². The molecule has 0 aliphatic heterocycles. The van der Waals surface area contributed by atoms with Crippen molar-refractivity contribution in [2.75, 3.05) is 36.7 Å². The number of amides is 1. The Bertz CT molecular complexity index is 944. The van der Waals surface area contributed by atoms with Crippen LogP contribution in [0.4, 0.5) is 11.4 Å². The quantitative estimate of drug-likeness (QED) is 0.668. The molecular weight excluding hydrogens is 396 g/mol. The monoisotopic (exact) mass is 422 g/mol. The first-order chi connectivity index (χ1) is 13.7. The maximum Gasteiger partial charge on any atom is 0.247 e. The molecule has 2 aromatic carbocycles. The lowest BCUT2D eigenvalue weighted by molar-refractivity contribution is -0.116. The predicted octanol–water partition coefficient (Wildman–Crippen LogP) is 2.90. The van der Waals surface area contributed by atoms with Gasteiger partial charge in [-0.15, -0.1) is 0 Å². The number of hydrogen-bond donors (Lipinski definition) is 1. The maximum absolute atomic E-state index is 12.8. The van der Waals surface area contributed by atoms with E-state index in [2.05, 4.69) is 5.32 Å². The van der Waals surface area contributed by atoms with Gasteiger partial charge in [-0.2, -0.15) is 0 Å². The van der Waals surface area contributed by atoms with E-state index in [0.29, 0.717) is 35.2 Å². The Morgan fingerprint density at radius 2 is 1.69 bits per heavy atom. The predicted molar refractivity (Wildman–Crippen MR) is 113 cm³/mol. The summed E-state index contributed by atoms with van der Waals surface area (Å²) in [5.74, 6) is 1.02. The smallest absolute Gasteiger partial charge is 0.247 e. The van der Waals surface area contributed by atoms with Crippen LogP contribution in [-0.4, -0.2) is 47.4 Å². The van der Waals surface area contributed by atoms with Crippen molar-refractivity contribution in [3.63, 3.8) is 0 Å². The zero-order valence-corrected chi connectivity index (χ0v) is 17.9. The second-order valence-electron chi connectivity index (χ2n) is 6.22. The third-order valence-corrected chi connectivity index (χ3v) is 5.38. The topological polar surface area (TPSA) is 94.2 Å². The summed E-state index contributed by atoms with van der Waals surface area (Å²) in [4.78, 5) is 12.8. The van der Waals surface area contributed by atoms with E-state index in [4.69, 9.17) is 14.2 Å². The van der Waals surface area contributed by atoms with Crippen molar-refractivity contribution in [2.45, 2.75) is 19.9 Å². The van der Waals surface area contributed by atoms with Crippen LogP contribution < -0.4 is 23.8 Å². The van der Waals surface area contributed by atoms with Crippen LogP contribution in [0.25, 0.3) is 0 Å². The highest BCUT2D eigenvalue weighted by molar-refractivity contribution is 7.92. The molecule has 0 aromatic heterocycles. The van der Waals surface area contributed by atoms with Crippen LogP contribution in [0.15, 0.2) is 42.5 Å². The summed E-state index contributed by atoms with van der Waals surface area (Å²) >= 11 is 0. The molecule has 8 nitrogen and oxygen atoms in total. The largest absolute Gasteiger partial charge is 0.494 e. The molecule has 2 aromatic rings. The summed E-state index contributed by atoms with van der Waals surface area (Å²) in [6.07, 6.45) is 1.05.